The third-order valence-corrected chi connectivity index (χ3v) is 9.65. The molecule has 3 aromatic carbocycles. The van der Waals surface area contributed by atoms with Crippen molar-refractivity contribution in [3.8, 4) is 5.75 Å². The van der Waals surface area contributed by atoms with Crippen molar-refractivity contribution in [1.29, 1.82) is 0 Å². The van der Waals surface area contributed by atoms with Crippen LogP contribution in [0.4, 0.5) is 0 Å². The van der Waals surface area contributed by atoms with E-state index in [0.29, 0.717) is 0 Å². The van der Waals surface area contributed by atoms with Crippen molar-refractivity contribution in [1.82, 2.24) is 0 Å². The van der Waals surface area contributed by atoms with E-state index in [1.165, 1.54) is 49.6 Å². The summed E-state index contributed by atoms with van der Waals surface area (Å²) in [5.74, 6) is -0.240. The average Bonchev–Trinajstić information content (AvgIpc) is 2.73. The Labute approximate surface area is 206 Å². The second kappa shape index (κ2) is 10.0. The summed E-state index contributed by atoms with van der Waals surface area (Å²) in [7, 11) is -12.3. The normalized spacial score (nSPS) is 12.1. The summed E-state index contributed by atoms with van der Waals surface area (Å²) in [4.78, 5) is -1.37. The van der Waals surface area contributed by atoms with Crippen molar-refractivity contribution in [3.05, 3.63) is 82.0 Å². The van der Waals surface area contributed by atoms with Crippen molar-refractivity contribution in [2.24, 2.45) is 0 Å². The molecule has 0 N–H and O–H groups in total. The second-order valence-electron chi connectivity index (χ2n) is 6.97. The first-order valence-electron chi connectivity index (χ1n) is 9.17. The molecule has 0 unspecified atom stereocenters. The van der Waals surface area contributed by atoms with Crippen LogP contribution in [0.2, 0.25) is 0 Å². The van der Waals surface area contributed by atoms with Gasteiger partial charge in [0, 0.05) is 4.90 Å². The number of sulfone groups is 1. The third-order valence-electron chi connectivity index (χ3n) is 4.57. The molecule has 0 fully saturated rings. The Hall–Kier alpha value is -2.13. The van der Waals surface area contributed by atoms with Crippen LogP contribution in [0.5, 0.6) is 5.75 Å². The zero-order valence-corrected chi connectivity index (χ0v) is 20.8. The summed E-state index contributed by atoms with van der Waals surface area (Å²) in [6.07, 6.45) is 0. The van der Waals surface area contributed by atoms with Crippen LogP contribution in [0.3, 0.4) is 0 Å². The zero-order chi connectivity index (χ0) is 23.7. The van der Waals surface area contributed by atoms with Crippen molar-refractivity contribution < 1.29 is 48.9 Å². The first-order valence-corrected chi connectivity index (χ1v) is 13.5. The molecule has 12 heteroatoms. The Bertz CT molecular complexity index is 1470. The molecule has 0 saturated carbocycles. The zero-order valence-electron chi connectivity index (χ0n) is 18.4. The molecule has 0 spiro atoms. The molecule has 0 bridgehead atoms. The van der Waals surface area contributed by atoms with Gasteiger partial charge in [0.2, 0.25) is 9.84 Å². The molecule has 3 rings (SSSR count). The quantitative estimate of drug-likeness (QED) is 0.434. The second-order valence-corrected chi connectivity index (χ2v) is 12.3. The first kappa shape index (κ1) is 27.1. The van der Waals surface area contributed by atoms with Gasteiger partial charge >= 0.3 is 18.9 Å². The van der Waals surface area contributed by atoms with Gasteiger partial charge in [-0.3, -0.25) is 0 Å². The van der Waals surface area contributed by atoms with Crippen LogP contribution < -0.4 is 23.6 Å². The summed E-state index contributed by atoms with van der Waals surface area (Å²) < 4.78 is 85.0. The van der Waals surface area contributed by atoms with Crippen LogP contribution in [-0.2, 0) is 29.9 Å². The third kappa shape index (κ3) is 5.87. The molecule has 0 aliphatic heterocycles. The molecule has 0 aliphatic rings. The summed E-state index contributed by atoms with van der Waals surface area (Å²) in [6, 6.07) is 14.7. The molecular weight excluding hydrogens is 481 g/mol. The Morgan fingerprint density at radius 2 is 1.09 bits per heavy atom. The van der Waals surface area contributed by atoms with E-state index in [4.69, 9.17) is 4.74 Å². The fraction of sp³-hybridized carbons (Fsp3) is 0.143. The predicted octanol–water partition coefficient (Wildman–Crippen LogP) is 0.600. The van der Waals surface area contributed by atoms with E-state index in [9.17, 15) is 25.3 Å². The molecule has 3 aromatic rings. The summed E-state index contributed by atoms with van der Waals surface area (Å²) in [5, 5.41) is 0. The number of benzene rings is 3. The molecular formula is C21H20LiNO7S3. The number of aryl methyl sites for hydroxylation is 2. The maximum absolute atomic E-state index is 13.0. The fourth-order valence-electron chi connectivity index (χ4n) is 2.80. The van der Waals surface area contributed by atoms with Gasteiger partial charge in [-0.2, -0.15) is 0 Å². The van der Waals surface area contributed by atoms with Gasteiger partial charge in [0.15, 0.2) is 0 Å². The van der Waals surface area contributed by atoms with Crippen LogP contribution in [0.25, 0.3) is 4.13 Å². The van der Waals surface area contributed by atoms with Gasteiger partial charge < -0.3 is 8.86 Å². The summed E-state index contributed by atoms with van der Waals surface area (Å²) in [6.45, 7) is 3.54. The van der Waals surface area contributed by atoms with Gasteiger partial charge in [-0.05, 0) is 56.3 Å². The van der Waals surface area contributed by atoms with Crippen LogP contribution in [0.1, 0.15) is 11.1 Å². The van der Waals surface area contributed by atoms with E-state index in [-0.39, 0.29) is 39.3 Å². The Kier molecular flexibility index (Phi) is 8.22. The fourth-order valence-corrected chi connectivity index (χ4v) is 7.02. The Morgan fingerprint density at radius 1 is 0.636 bits per heavy atom. The van der Waals surface area contributed by atoms with E-state index in [0.717, 1.165) is 23.3 Å². The Morgan fingerprint density at radius 3 is 1.58 bits per heavy atom. The smallest absolute Gasteiger partial charge is 0.495 e. The van der Waals surface area contributed by atoms with Crippen LogP contribution >= 0.6 is 0 Å². The van der Waals surface area contributed by atoms with Crippen molar-refractivity contribution >= 4 is 29.9 Å². The minimum atomic E-state index is -4.84. The monoisotopic (exact) mass is 501 g/mol. The molecule has 170 valence electrons. The minimum Gasteiger partial charge on any atom is -0.495 e. The number of rotatable bonds is 7. The standard InChI is InChI=1S/C21H20NO7S3.Li/c1-15-4-8-17(9-5-15)30(23,24)19-12-13-20(29-3)21(14-19)32(27,28)22-31(25,26)18-10-6-16(2)7-11-18;/h4-14H,1-3H3;/q-1;+1. The molecule has 33 heavy (non-hydrogen) atoms. The summed E-state index contributed by atoms with van der Waals surface area (Å²) >= 11 is 0. The van der Waals surface area contributed by atoms with E-state index in [2.05, 4.69) is 4.13 Å². The SMILES string of the molecule is COc1ccc(S(=O)(=O)c2ccc(C)cc2)cc1S(=O)(=O)[N-]S(=O)(=O)c1ccc(C)cc1.[Li+]. The van der Waals surface area contributed by atoms with E-state index in [1.807, 2.05) is 0 Å². The molecule has 0 saturated heterocycles. The first-order chi connectivity index (χ1) is 14.9. The van der Waals surface area contributed by atoms with Gasteiger partial charge in [0.25, 0.3) is 0 Å². The van der Waals surface area contributed by atoms with E-state index >= 15 is 0 Å². The van der Waals surface area contributed by atoms with Crippen molar-refractivity contribution in [2.45, 2.75) is 33.4 Å². The van der Waals surface area contributed by atoms with Crippen LogP contribution in [-0.4, -0.2) is 32.4 Å². The molecule has 0 aliphatic carbocycles. The number of sulfonamides is 2. The molecule has 0 radical (unpaired) electrons. The number of hydrogen-bond acceptors (Lipinski definition) is 7. The average molecular weight is 502 g/mol. The Balaban J connectivity index is 0.00000385. The van der Waals surface area contributed by atoms with Crippen molar-refractivity contribution in [2.75, 3.05) is 7.11 Å². The van der Waals surface area contributed by atoms with Crippen molar-refractivity contribution in [3.63, 3.8) is 0 Å². The molecule has 0 aromatic heterocycles. The van der Waals surface area contributed by atoms with Gasteiger partial charge in [-0.25, -0.2) is 25.3 Å². The number of hydrogen-bond donors (Lipinski definition) is 0. The molecule has 0 heterocycles. The summed E-state index contributed by atoms with van der Waals surface area (Å²) in [5.41, 5.74) is 1.63. The molecule has 0 amide bonds. The van der Waals surface area contributed by atoms with E-state index < -0.39 is 34.8 Å². The van der Waals surface area contributed by atoms with Gasteiger partial charge in [-0.15, -0.1) is 0 Å². The van der Waals surface area contributed by atoms with Crippen LogP contribution in [0.15, 0.2) is 86.3 Å². The maximum Gasteiger partial charge on any atom is 1.00 e. The predicted molar refractivity (Wildman–Crippen MR) is 119 cm³/mol. The topological polar surface area (TPSA) is 126 Å². The van der Waals surface area contributed by atoms with Gasteiger partial charge in [0.05, 0.1) is 21.8 Å². The van der Waals surface area contributed by atoms with E-state index in [1.54, 1.807) is 26.0 Å². The molecule has 0 atom stereocenters. The molecule has 8 nitrogen and oxygen atoms in total. The van der Waals surface area contributed by atoms with Crippen LogP contribution in [0, 0.1) is 13.8 Å². The minimum absolute atomic E-state index is 0. The maximum atomic E-state index is 13.0. The van der Waals surface area contributed by atoms with Gasteiger partial charge in [0.1, 0.15) is 25.8 Å². The van der Waals surface area contributed by atoms with Gasteiger partial charge in [-0.1, -0.05) is 35.4 Å². The number of methoxy groups -OCH3 is 1. The largest absolute Gasteiger partial charge is 1.00 e. The number of nitrogens with zero attached hydrogens (tertiary/aromatic N) is 1. The number of ether oxygens (including phenoxy) is 1.